The van der Waals surface area contributed by atoms with Crippen molar-refractivity contribution in [1.82, 2.24) is 4.98 Å². The highest BCUT2D eigenvalue weighted by molar-refractivity contribution is 6.68. The third-order valence-corrected chi connectivity index (χ3v) is 4.12. The minimum absolute atomic E-state index is 0.108. The number of amides is 1. The predicted molar refractivity (Wildman–Crippen MR) is 87.2 cm³/mol. The van der Waals surface area contributed by atoms with Gasteiger partial charge in [-0.1, -0.05) is 17.7 Å². The maximum absolute atomic E-state index is 11.2. The van der Waals surface area contributed by atoms with Crippen LogP contribution in [-0.4, -0.2) is 27.9 Å². The fraction of sp³-hybridized carbons (Fsp3) is 0.438. The lowest BCUT2D eigenvalue weighted by Gasteiger charge is -2.42. The van der Waals surface area contributed by atoms with Crippen molar-refractivity contribution in [2.45, 2.75) is 44.2 Å². The Morgan fingerprint density at radius 3 is 2.64 bits per heavy atom. The van der Waals surface area contributed by atoms with Gasteiger partial charge in [0.25, 0.3) is 0 Å². The van der Waals surface area contributed by atoms with Crippen molar-refractivity contribution in [2.75, 3.05) is 0 Å². The number of nitrogens with two attached hydrogens (primary N) is 1. The van der Waals surface area contributed by atoms with Gasteiger partial charge in [-0.25, -0.2) is 4.79 Å². The summed E-state index contributed by atoms with van der Waals surface area (Å²) in [5, 5.41) is 0.464. The van der Waals surface area contributed by atoms with Gasteiger partial charge < -0.3 is 10.5 Å². The fourth-order valence-electron chi connectivity index (χ4n) is 3.02. The van der Waals surface area contributed by atoms with Gasteiger partial charge in [0, 0.05) is 24.2 Å². The molecule has 0 spiro atoms. The number of aromatic nitrogens is 1. The molecule has 118 valence electrons. The zero-order valence-corrected chi connectivity index (χ0v) is 13.7. The lowest BCUT2D eigenvalue weighted by atomic mass is 9.68. The number of dihydropyridines is 1. The largest absolute Gasteiger partial charge is 0.444 e. The van der Waals surface area contributed by atoms with Gasteiger partial charge in [0.05, 0.1) is 6.04 Å². The van der Waals surface area contributed by atoms with Crippen molar-refractivity contribution in [3.8, 4) is 0 Å². The zero-order chi connectivity index (χ0) is 16.4. The Bertz CT molecular complexity index is 613. The van der Waals surface area contributed by atoms with E-state index in [9.17, 15) is 4.79 Å². The first-order chi connectivity index (χ1) is 10.3. The van der Waals surface area contributed by atoms with Crippen LogP contribution < -0.4 is 5.73 Å². The van der Waals surface area contributed by atoms with Crippen LogP contribution in [0.4, 0.5) is 4.79 Å². The van der Waals surface area contributed by atoms with Crippen molar-refractivity contribution in [2.24, 2.45) is 10.7 Å². The van der Waals surface area contributed by atoms with E-state index >= 15 is 0 Å². The van der Waals surface area contributed by atoms with E-state index in [1.54, 1.807) is 18.5 Å². The number of ether oxygens (including phenoxy) is 1. The molecule has 1 aromatic heterocycles. The minimum Gasteiger partial charge on any atom is -0.444 e. The molecule has 1 amide bonds. The highest BCUT2D eigenvalue weighted by atomic mass is 35.5. The quantitative estimate of drug-likeness (QED) is 0.925. The van der Waals surface area contributed by atoms with Crippen molar-refractivity contribution in [3.63, 3.8) is 0 Å². The summed E-state index contributed by atoms with van der Waals surface area (Å²) in [5.74, 6) is 0. The lowest BCUT2D eigenvalue weighted by molar-refractivity contribution is 0.0234. The van der Waals surface area contributed by atoms with Crippen molar-refractivity contribution in [3.05, 3.63) is 42.2 Å². The molecule has 0 bridgehead atoms. The van der Waals surface area contributed by atoms with Crippen LogP contribution in [0.2, 0.25) is 0 Å². The average molecular weight is 322 g/mol. The number of hydrogen-bond acceptors (Lipinski definition) is 4. The average Bonchev–Trinajstić information content (AvgIpc) is 2.41. The molecule has 0 saturated carbocycles. The minimum atomic E-state index is -0.788. The standard InChI is InChI=1S/C16H20ClN3O2/c1-11-16(7-4-13(17)20-11,12-5-8-19-9-6-12)10-15(2,3)22-14(18)21/h4-9,11H,10H2,1-3H3,(H2,18,21). The highest BCUT2D eigenvalue weighted by Crippen LogP contribution is 2.41. The number of aliphatic imine (C=N–C) groups is 1. The first kappa shape index (κ1) is 16.5. The van der Waals surface area contributed by atoms with Crippen LogP contribution >= 0.6 is 11.6 Å². The SMILES string of the molecule is CC1N=C(Cl)C=CC1(CC(C)(C)OC(N)=O)c1ccncc1. The van der Waals surface area contributed by atoms with E-state index in [4.69, 9.17) is 22.1 Å². The van der Waals surface area contributed by atoms with Crippen LogP contribution in [0.25, 0.3) is 0 Å². The first-order valence-corrected chi connectivity index (χ1v) is 7.44. The number of primary amides is 1. The van der Waals surface area contributed by atoms with Crippen molar-refractivity contribution in [1.29, 1.82) is 0 Å². The van der Waals surface area contributed by atoms with Gasteiger partial charge in [-0.15, -0.1) is 0 Å². The molecule has 0 radical (unpaired) electrons. The number of carbonyl (C=O) groups is 1. The zero-order valence-electron chi connectivity index (χ0n) is 12.9. The summed E-state index contributed by atoms with van der Waals surface area (Å²) < 4.78 is 5.27. The van der Waals surface area contributed by atoms with Gasteiger partial charge in [0.2, 0.25) is 0 Å². The molecular formula is C16H20ClN3O2. The molecule has 22 heavy (non-hydrogen) atoms. The summed E-state index contributed by atoms with van der Waals surface area (Å²) >= 11 is 6.03. The van der Waals surface area contributed by atoms with Crippen LogP contribution in [0.5, 0.6) is 0 Å². The van der Waals surface area contributed by atoms with Gasteiger partial charge >= 0.3 is 6.09 Å². The molecule has 2 N–H and O–H groups in total. The van der Waals surface area contributed by atoms with E-state index in [1.807, 2.05) is 39.0 Å². The molecule has 2 unspecified atom stereocenters. The number of nitrogens with zero attached hydrogens (tertiary/aromatic N) is 2. The second kappa shape index (κ2) is 6.08. The molecule has 5 nitrogen and oxygen atoms in total. The molecule has 1 aliphatic heterocycles. The highest BCUT2D eigenvalue weighted by Gasteiger charge is 2.43. The number of allylic oxidation sites excluding steroid dienone is 1. The molecule has 0 aliphatic carbocycles. The third-order valence-electron chi connectivity index (χ3n) is 3.89. The molecule has 2 atom stereocenters. The summed E-state index contributed by atoms with van der Waals surface area (Å²) in [7, 11) is 0. The molecule has 0 fully saturated rings. The summed E-state index contributed by atoms with van der Waals surface area (Å²) in [6.07, 6.45) is 7.01. The maximum Gasteiger partial charge on any atom is 0.405 e. The van der Waals surface area contributed by atoms with Crippen LogP contribution in [0.15, 0.2) is 41.7 Å². The fourth-order valence-corrected chi connectivity index (χ4v) is 3.23. The maximum atomic E-state index is 11.2. The Kier molecular flexibility index (Phi) is 4.56. The molecule has 0 aromatic carbocycles. The summed E-state index contributed by atoms with van der Waals surface area (Å²) in [6.45, 7) is 5.66. The molecular weight excluding hydrogens is 302 g/mol. The molecule has 2 rings (SSSR count). The monoisotopic (exact) mass is 321 g/mol. The smallest absolute Gasteiger partial charge is 0.405 e. The normalized spacial score (nSPS) is 24.7. The molecule has 6 heteroatoms. The summed E-state index contributed by atoms with van der Waals surface area (Å²) in [6, 6.07) is 3.77. The Balaban J connectivity index is 2.44. The third kappa shape index (κ3) is 3.47. The number of pyridine rings is 1. The molecule has 1 aromatic rings. The van der Waals surface area contributed by atoms with Crippen LogP contribution in [0, 0.1) is 0 Å². The second-order valence-electron chi connectivity index (χ2n) is 6.09. The van der Waals surface area contributed by atoms with E-state index in [1.165, 1.54) is 0 Å². The number of carbonyl (C=O) groups excluding carboxylic acids is 1. The topological polar surface area (TPSA) is 77.6 Å². The van der Waals surface area contributed by atoms with Crippen LogP contribution in [-0.2, 0) is 10.2 Å². The van der Waals surface area contributed by atoms with Gasteiger partial charge in [0.1, 0.15) is 10.8 Å². The van der Waals surface area contributed by atoms with E-state index < -0.39 is 17.1 Å². The van der Waals surface area contributed by atoms with E-state index in [0.29, 0.717) is 11.6 Å². The van der Waals surface area contributed by atoms with Crippen molar-refractivity contribution >= 4 is 22.9 Å². The van der Waals surface area contributed by atoms with Crippen LogP contribution in [0.3, 0.4) is 0 Å². The number of rotatable bonds is 4. The van der Waals surface area contributed by atoms with Gasteiger partial charge in [-0.05, 0) is 44.5 Å². The molecule has 1 aliphatic rings. The van der Waals surface area contributed by atoms with Gasteiger partial charge in [0.15, 0.2) is 0 Å². The van der Waals surface area contributed by atoms with Gasteiger partial charge in [-0.3, -0.25) is 9.98 Å². The lowest BCUT2D eigenvalue weighted by Crippen LogP contribution is -2.45. The Morgan fingerprint density at radius 1 is 1.45 bits per heavy atom. The molecule has 0 saturated heterocycles. The van der Waals surface area contributed by atoms with Crippen LogP contribution in [0.1, 0.15) is 32.8 Å². The van der Waals surface area contributed by atoms with Gasteiger partial charge in [-0.2, -0.15) is 0 Å². The summed E-state index contributed by atoms with van der Waals surface area (Å²) in [5.41, 5.74) is 5.04. The predicted octanol–water partition coefficient (Wildman–Crippen LogP) is 3.18. The second-order valence-corrected chi connectivity index (χ2v) is 6.48. The number of hydrogen-bond donors (Lipinski definition) is 1. The Hall–Kier alpha value is -1.88. The summed E-state index contributed by atoms with van der Waals surface area (Å²) in [4.78, 5) is 19.7. The Labute approximate surface area is 135 Å². The van der Waals surface area contributed by atoms with E-state index in [-0.39, 0.29) is 6.04 Å². The number of halogens is 1. The first-order valence-electron chi connectivity index (χ1n) is 7.07. The van der Waals surface area contributed by atoms with E-state index in [0.717, 1.165) is 5.56 Å². The molecule has 2 heterocycles. The van der Waals surface area contributed by atoms with E-state index in [2.05, 4.69) is 9.98 Å². The Morgan fingerprint density at radius 2 is 2.09 bits per heavy atom. The van der Waals surface area contributed by atoms with Crippen molar-refractivity contribution < 1.29 is 9.53 Å².